The van der Waals surface area contributed by atoms with E-state index in [9.17, 15) is 4.79 Å². The summed E-state index contributed by atoms with van der Waals surface area (Å²) in [6.45, 7) is 8.79. The van der Waals surface area contributed by atoms with Gasteiger partial charge < -0.3 is 15.8 Å². The second-order valence-electron chi connectivity index (χ2n) is 5.70. The molecule has 0 radical (unpaired) electrons. The van der Waals surface area contributed by atoms with Crippen LogP contribution in [0.4, 0.5) is 0 Å². The van der Waals surface area contributed by atoms with Gasteiger partial charge in [0.2, 0.25) is 5.91 Å². The van der Waals surface area contributed by atoms with Gasteiger partial charge in [0, 0.05) is 25.7 Å². The van der Waals surface area contributed by atoms with Gasteiger partial charge in [0.15, 0.2) is 0 Å². The molecule has 5 nitrogen and oxygen atoms in total. The molecule has 1 rings (SSSR count). The minimum Gasteiger partial charge on any atom is -0.383 e. The number of nitrogens with one attached hydrogen (secondary N) is 1. The van der Waals surface area contributed by atoms with E-state index in [1.807, 2.05) is 6.92 Å². The summed E-state index contributed by atoms with van der Waals surface area (Å²) in [5.41, 5.74) is 5.10. The summed E-state index contributed by atoms with van der Waals surface area (Å²) in [6, 6.07) is 0.854. The van der Waals surface area contributed by atoms with Crippen molar-refractivity contribution in [1.29, 1.82) is 0 Å². The zero-order valence-electron chi connectivity index (χ0n) is 12.7. The van der Waals surface area contributed by atoms with Gasteiger partial charge in [-0.05, 0) is 39.7 Å². The van der Waals surface area contributed by atoms with Crippen LogP contribution in [0.15, 0.2) is 0 Å². The lowest BCUT2D eigenvalue weighted by Gasteiger charge is -2.34. The number of nitrogens with two attached hydrogens (primary N) is 1. The number of carbonyl (C=O) groups excluding carboxylic acids is 1. The number of hydrogen-bond donors (Lipinski definition) is 2. The summed E-state index contributed by atoms with van der Waals surface area (Å²) < 4.78 is 5.18. The molecule has 3 N–H and O–H groups in total. The fourth-order valence-corrected chi connectivity index (χ4v) is 3.17. The fraction of sp³-hybridized carbons (Fsp3) is 0.929. The van der Waals surface area contributed by atoms with E-state index >= 15 is 0 Å². The highest BCUT2D eigenvalue weighted by Crippen LogP contribution is 2.33. The van der Waals surface area contributed by atoms with Crippen LogP contribution in [-0.2, 0) is 9.53 Å². The van der Waals surface area contributed by atoms with Crippen molar-refractivity contribution in [2.75, 3.05) is 26.8 Å². The summed E-state index contributed by atoms with van der Waals surface area (Å²) in [5.74, 6) is -0.215. The van der Waals surface area contributed by atoms with Gasteiger partial charge in [-0.15, -0.1) is 0 Å². The second kappa shape index (κ2) is 7.22. The third-order valence-corrected chi connectivity index (χ3v) is 4.16. The summed E-state index contributed by atoms with van der Waals surface area (Å²) in [5, 5.41) is 3.30. The maximum Gasteiger partial charge on any atom is 0.237 e. The lowest BCUT2D eigenvalue weighted by atomic mass is 9.96. The van der Waals surface area contributed by atoms with Gasteiger partial charge in [0.05, 0.1) is 12.1 Å². The van der Waals surface area contributed by atoms with Gasteiger partial charge in [-0.3, -0.25) is 9.69 Å². The van der Waals surface area contributed by atoms with Crippen molar-refractivity contribution < 1.29 is 9.53 Å². The number of hydrogen-bond acceptors (Lipinski definition) is 4. The van der Waals surface area contributed by atoms with E-state index in [-0.39, 0.29) is 5.91 Å². The predicted molar refractivity (Wildman–Crippen MR) is 77.0 cm³/mol. The highest BCUT2D eigenvalue weighted by Gasteiger charge is 2.45. The standard InChI is InChI=1S/C14H29N3O2/c1-5-16-14(13(15)18)7-6-12(10-14)17(11(2)3)8-9-19-4/h11-12,16H,5-10H2,1-4H3,(H2,15,18). The molecule has 0 bridgehead atoms. The normalized spacial score (nSPS) is 27.4. The highest BCUT2D eigenvalue weighted by molar-refractivity contribution is 5.85. The first-order valence-corrected chi connectivity index (χ1v) is 7.26. The maximum atomic E-state index is 11.8. The Morgan fingerprint density at radius 1 is 1.58 bits per heavy atom. The Morgan fingerprint density at radius 3 is 2.74 bits per heavy atom. The van der Waals surface area contributed by atoms with Gasteiger partial charge in [0.1, 0.15) is 0 Å². The topological polar surface area (TPSA) is 67.6 Å². The van der Waals surface area contributed by atoms with E-state index < -0.39 is 5.54 Å². The van der Waals surface area contributed by atoms with Crippen molar-refractivity contribution in [2.24, 2.45) is 5.73 Å². The van der Waals surface area contributed by atoms with Crippen LogP contribution in [-0.4, -0.2) is 55.2 Å². The molecule has 0 spiro atoms. The molecule has 19 heavy (non-hydrogen) atoms. The lowest BCUT2D eigenvalue weighted by Crippen LogP contribution is -2.55. The number of primary amides is 1. The van der Waals surface area contributed by atoms with Gasteiger partial charge in [-0.1, -0.05) is 6.92 Å². The number of ether oxygens (including phenoxy) is 1. The van der Waals surface area contributed by atoms with Crippen LogP contribution in [0.5, 0.6) is 0 Å². The van der Waals surface area contributed by atoms with E-state index in [0.29, 0.717) is 12.1 Å². The van der Waals surface area contributed by atoms with E-state index in [1.54, 1.807) is 7.11 Å². The molecule has 0 aromatic carbocycles. The second-order valence-corrected chi connectivity index (χ2v) is 5.70. The molecule has 0 saturated heterocycles. The molecule has 5 heteroatoms. The SMILES string of the molecule is CCNC1(C(N)=O)CCC(N(CCOC)C(C)C)C1. The smallest absolute Gasteiger partial charge is 0.237 e. The fourth-order valence-electron chi connectivity index (χ4n) is 3.17. The molecule has 0 aromatic heterocycles. The van der Waals surface area contributed by atoms with E-state index in [1.165, 1.54) is 0 Å². The van der Waals surface area contributed by atoms with Crippen LogP contribution in [0.2, 0.25) is 0 Å². The summed E-state index contributed by atoms with van der Waals surface area (Å²) >= 11 is 0. The Kier molecular flexibility index (Phi) is 6.23. The highest BCUT2D eigenvalue weighted by atomic mass is 16.5. The number of rotatable bonds is 8. The Hall–Kier alpha value is -0.650. The summed E-state index contributed by atoms with van der Waals surface area (Å²) in [4.78, 5) is 14.2. The van der Waals surface area contributed by atoms with E-state index in [2.05, 4.69) is 24.1 Å². The first-order chi connectivity index (χ1) is 8.96. The van der Waals surface area contributed by atoms with Crippen LogP contribution >= 0.6 is 0 Å². The first-order valence-electron chi connectivity index (χ1n) is 7.26. The molecule has 0 heterocycles. The maximum absolute atomic E-state index is 11.8. The molecule has 2 atom stereocenters. The van der Waals surface area contributed by atoms with E-state index in [0.717, 1.165) is 39.0 Å². The number of amides is 1. The Morgan fingerprint density at radius 2 is 2.26 bits per heavy atom. The molecule has 0 aliphatic heterocycles. The summed E-state index contributed by atoms with van der Waals surface area (Å²) in [7, 11) is 1.72. The van der Waals surface area contributed by atoms with Crippen LogP contribution in [0.25, 0.3) is 0 Å². The molecule has 1 aliphatic carbocycles. The zero-order valence-corrected chi connectivity index (χ0v) is 12.7. The molecule has 0 aromatic rings. The van der Waals surface area contributed by atoms with Crippen molar-refractivity contribution in [3.05, 3.63) is 0 Å². The molecule has 2 unspecified atom stereocenters. The zero-order chi connectivity index (χ0) is 14.5. The van der Waals surface area contributed by atoms with Gasteiger partial charge in [-0.25, -0.2) is 0 Å². The van der Waals surface area contributed by atoms with Crippen molar-refractivity contribution in [2.45, 2.75) is 57.7 Å². The van der Waals surface area contributed by atoms with Crippen LogP contribution in [0.3, 0.4) is 0 Å². The van der Waals surface area contributed by atoms with Crippen molar-refractivity contribution in [3.63, 3.8) is 0 Å². The number of methoxy groups -OCH3 is 1. The number of carbonyl (C=O) groups is 1. The molecular weight excluding hydrogens is 242 g/mol. The van der Waals surface area contributed by atoms with Crippen molar-refractivity contribution in [1.82, 2.24) is 10.2 Å². The third kappa shape index (κ3) is 3.91. The average molecular weight is 271 g/mol. The number of likely N-dealkylation sites (N-methyl/N-ethyl adjacent to an activating group) is 1. The minimum atomic E-state index is -0.514. The molecular formula is C14H29N3O2. The average Bonchev–Trinajstić information content (AvgIpc) is 2.75. The van der Waals surface area contributed by atoms with Crippen LogP contribution < -0.4 is 11.1 Å². The van der Waals surface area contributed by atoms with Gasteiger partial charge in [0.25, 0.3) is 0 Å². The van der Waals surface area contributed by atoms with Gasteiger partial charge >= 0.3 is 0 Å². The van der Waals surface area contributed by atoms with Crippen molar-refractivity contribution in [3.8, 4) is 0 Å². The predicted octanol–water partition coefficient (Wildman–Crippen LogP) is 0.729. The minimum absolute atomic E-state index is 0.215. The van der Waals surface area contributed by atoms with Crippen LogP contribution in [0.1, 0.15) is 40.0 Å². The summed E-state index contributed by atoms with van der Waals surface area (Å²) in [6.07, 6.45) is 2.65. The molecule has 1 aliphatic rings. The van der Waals surface area contributed by atoms with Crippen molar-refractivity contribution >= 4 is 5.91 Å². The Labute approximate surface area is 116 Å². The first kappa shape index (κ1) is 16.4. The van der Waals surface area contributed by atoms with Gasteiger partial charge in [-0.2, -0.15) is 0 Å². The third-order valence-electron chi connectivity index (χ3n) is 4.16. The Balaban J connectivity index is 2.72. The van der Waals surface area contributed by atoms with E-state index in [4.69, 9.17) is 10.5 Å². The Bertz CT molecular complexity index is 296. The lowest BCUT2D eigenvalue weighted by molar-refractivity contribution is -0.124. The monoisotopic (exact) mass is 271 g/mol. The number of nitrogens with zero attached hydrogens (tertiary/aromatic N) is 1. The largest absolute Gasteiger partial charge is 0.383 e. The molecule has 1 fully saturated rings. The molecule has 1 saturated carbocycles. The molecule has 112 valence electrons. The molecule has 1 amide bonds. The van der Waals surface area contributed by atoms with Crippen LogP contribution in [0, 0.1) is 0 Å². The quantitative estimate of drug-likeness (QED) is 0.683.